The summed E-state index contributed by atoms with van der Waals surface area (Å²) >= 11 is 0. The van der Waals surface area contributed by atoms with Crippen LogP contribution in [0.15, 0.2) is 6.07 Å². The number of aryl methyl sites for hydroxylation is 2. The third kappa shape index (κ3) is 3.07. The first kappa shape index (κ1) is 14.3. The van der Waals surface area contributed by atoms with Crippen LogP contribution in [-0.2, 0) is 0 Å². The number of ketones is 1. The van der Waals surface area contributed by atoms with Crippen molar-refractivity contribution in [3.05, 3.63) is 23.0 Å². The molecule has 0 radical (unpaired) electrons. The topological polar surface area (TPSA) is 56.3 Å². The second-order valence-corrected chi connectivity index (χ2v) is 6.42. The molecule has 1 aliphatic heterocycles. The van der Waals surface area contributed by atoms with E-state index in [2.05, 4.69) is 23.7 Å². The Morgan fingerprint density at radius 2 is 2.21 bits per heavy atom. The number of Topliss-reactive ketones (excluding diaryl/α,β-unsaturated/α-hetero) is 1. The molecular formula is C15H24N2O2. The van der Waals surface area contributed by atoms with Crippen LogP contribution in [0.25, 0.3) is 0 Å². The second kappa shape index (κ2) is 5.10. The highest BCUT2D eigenvalue weighted by Crippen LogP contribution is 2.29. The number of hydrogen-bond acceptors (Lipinski definition) is 3. The number of nitrogens with one attached hydrogen (secondary N) is 1. The molecule has 1 atom stereocenters. The molecule has 2 heterocycles. The highest BCUT2D eigenvalue weighted by molar-refractivity contribution is 5.98. The number of rotatable bonds is 3. The van der Waals surface area contributed by atoms with Crippen LogP contribution in [0.3, 0.4) is 0 Å². The van der Waals surface area contributed by atoms with Crippen molar-refractivity contribution in [2.75, 3.05) is 19.6 Å². The monoisotopic (exact) mass is 264 g/mol. The van der Waals surface area contributed by atoms with E-state index in [1.807, 2.05) is 19.9 Å². The van der Waals surface area contributed by atoms with Gasteiger partial charge in [0.25, 0.3) is 0 Å². The maximum Gasteiger partial charge on any atom is 0.178 e. The van der Waals surface area contributed by atoms with Crippen LogP contribution < -0.4 is 0 Å². The summed E-state index contributed by atoms with van der Waals surface area (Å²) in [5.41, 5.74) is 2.62. The number of nitrogens with zero attached hydrogens (tertiary/aromatic N) is 1. The summed E-state index contributed by atoms with van der Waals surface area (Å²) in [6.07, 6.45) is 0.473. The smallest absolute Gasteiger partial charge is 0.178 e. The predicted octanol–water partition coefficient (Wildman–Crippen LogP) is 1.91. The number of carbonyl (C=O) groups excluding carboxylic acids is 1. The number of hydrogen-bond donors (Lipinski definition) is 2. The van der Waals surface area contributed by atoms with Crippen LogP contribution in [0.5, 0.6) is 0 Å². The molecule has 0 bridgehead atoms. The summed E-state index contributed by atoms with van der Waals surface area (Å²) in [6, 6.07) is 1.92. The van der Waals surface area contributed by atoms with E-state index >= 15 is 0 Å². The lowest BCUT2D eigenvalue weighted by Gasteiger charge is -2.41. The number of likely N-dealkylation sites (tertiary alicyclic amines) is 1. The minimum atomic E-state index is -0.268. The van der Waals surface area contributed by atoms with Crippen LogP contribution in [-0.4, -0.2) is 46.5 Å². The van der Waals surface area contributed by atoms with Crippen molar-refractivity contribution < 1.29 is 9.90 Å². The highest BCUT2D eigenvalue weighted by Gasteiger charge is 2.35. The zero-order chi connectivity index (χ0) is 14.2. The average molecular weight is 264 g/mol. The maximum atomic E-state index is 12.3. The van der Waals surface area contributed by atoms with Gasteiger partial charge in [0, 0.05) is 35.5 Å². The minimum absolute atomic E-state index is 0.137. The van der Waals surface area contributed by atoms with Crippen molar-refractivity contribution in [1.29, 1.82) is 0 Å². The first-order valence-electron chi connectivity index (χ1n) is 6.89. The number of aromatic amines is 1. The fourth-order valence-electron chi connectivity index (χ4n) is 2.89. The van der Waals surface area contributed by atoms with Gasteiger partial charge < -0.3 is 10.1 Å². The van der Waals surface area contributed by atoms with Crippen LogP contribution >= 0.6 is 0 Å². The van der Waals surface area contributed by atoms with Crippen LogP contribution in [0, 0.1) is 19.3 Å². The third-order valence-corrected chi connectivity index (χ3v) is 4.07. The number of aromatic nitrogens is 1. The van der Waals surface area contributed by atoms with Crippen LogP contribution in [0.2, 0.25) is 0 Å². The lowest BCUT2D eigenvalue weighted by atomic mass is 9.81. The first-order chi connectivity index (χ1) is 8.79. The van der Waals surface area contributed by atoms with Crippen LogP contribution in [0.1, 0.15) is 42.0 Å². The Balaban J connectivity index is 2.02. The van der Waals surface area contributed by atoms with Crippen LogP contribution in [0.4, 0.5) is 0 Å². The summed E-state index contributed by atoms with van der Waals surface area (Å²) in [5.74, 6) is 0.161. The maximum absolute atomic E-state index is 12.3. The largest absolute Gasteiger partial charge is 0.392 e. The van der Waals surface area contributed by atoms with Crippen molar-refractivity contribution in [3.8, 4) is 0 Å². The molecule has 2 N–H and O–H groups in total. The van der Waals surface area contributed by atoms with E-state index in [1.165, 1.54) is 0 Å². The van der Waals surface area contributed by atoms with Gasteiger partial charge in [-0.05, 0) is 26.3 Å². The molecule has 2 rings (SSSR count). The van der Waals surface area contributed by atoms with Crippen molar-refractivity contribution in [2.45, 2.75) is 40.2 Å². The molecule has 106 valence electrons. The Morgan fingerprint density at radius 3 is 2.74 bits per heavy atom. The van der Waals surface area contributed by atoms with Gasteiger partial charge in [-0.1, -0.05) is 13.8 Å². The lowest BCUT2D eigenvalue weighted by Crippen LogP contribution is -2.49. The summed E-state index contributed by atoms with van der Waals surface area (Å²) in [5, 5.41) is 9.94. The third-order valence-electron chi connectivity index (χ3n) is 4.07. The molecule has 0 saturated carbocycles. The van der Waals surface area contributed by atoms with E-state index in [0.29, 0.717) is 6.54 Å². The summed E-state index contributed by atoms with van der Waals surface area (Å²) in [6.45, 7) is 10.0. The number of H-pyrrole nitrogens is 1. The van der Waals surface area contributed by atoms with Crippen molar-refractivity contribution in [1.82, 2.24) is 9.88 Å². The Hall–Kier alpha value is -1.13. The van der Waals surface area contributed by atoms with Gasteiger partial charge in [-0.15, -0.1) is 0 Å². The molecule has 0 aromatic carbocycles. The number of piperidine rings is 1. The number of aliphatic hydroxyl groups excluding tert-OH is 1. The second-order valence-electron chi connectivity index (χ2n) is 6.42. The molecule has 1 unspecified atom stereocenters. The van der Waals surface area contributed by atoms with Crippen molar-refractivity contribution in [3.63, 3.8) is 0 Å². The van der Waals surface area contributed by atoms with Gasteiger partial charge in [0.2, 0.25) is 0 Å². The SMILES string of the molecule is Cc1cc(C(=O)CN2CCC(O)C(C)(C)C2)c(C)[nH]1. The first-order valence-corrected chi connectivity index (χ1v) is 6.89. The van der Waals surface area contributed by atoms with Gasteiger partial charge in [0.1, 0.15) is 0 Å². The van der Waals surface area contributed by atoms with Crippen molar-refractivity contribution in [2.24, 2.45) is 5.41 Å². The van der Waals surface area contributed by atoms with E-state index in [-0.39, 0.29) is 17.3 Å². The molecule has 4 nitrogen and oxygen atoms in total. The molecule has 4 heteroatoms. The zero-order valence-electron chi connectivity index (χ0n) is 12.3. The van der Waals surface area contributed by atoms with E-state index in [1.54, 1.807) is 0 Å². The molecule has 1 aromatic rings. The van der Waals surface area contributed by atoms with E-state index in [0.717, 1.165) is 36.5 Å². The van der Waals surface area contributed by atoms with Gasteiger partial charge in [-0.25, -0.2) is 0 Å². The number of aliphatic hydroxyl groups is 1. The van der Waals surface area contributed by atoms with Gasteiger partial charge in [-0.2, -0.15) is 0 Å². The standard InChI is InChI=1S/C15H24N2O2/c1-10-7-12(11(2)16-10)13(18)8-17-6-5-14(19)15(3,4)9-17/h7,14,16,19H,5-6,8-9H2,1-4H3. The van der Waals surface area contributed by atoms with E-state index < -0.39 is 0 Å². The molecule has 0 amide bonds. The fourth-order valence-corrected chi connectivity index (χ4v) is 2.89. The van der Waals surface area contributed by atoms with Gasteiger partial charge in [0.15, 0.2) is 5.78 Å². The number of carbonyl (C=O) groups is 1. The van der Waals surface area contributed by atoms with Gasteiger partial charge in [-0.3, -0.25) is 9.69 Å². The summed E-state index contributed by atoms with van der Waals surface area (Å²) in [4.78, 5) is 17.6. The van der Waals surface area contributed by atoms with Gasteiger partial charge in [0.05, 0.1) is 12.6 Å². The Bertz CT molecular complexity index is 476. The molecule has 0 spiro atoms. The molecule has 1 fully saturated rings. The average Bonchev–Trinajstić information content (AvgIpc) is 2.63. The van der Waals surface area contributed by atoms with E-state index in [4.69, 9.17) is 0 Å². The molecule has 1 aromatic heterocycles. The Morgan fingerprint density at radius 1 is 1.53 bits per heavy atom. The Labute approximate surface area is 114 Å². The highest BCUT2D eigenvalue weighted by atomic mass is 16.3. The molecule has 19 heavy (non-hydrogen) atoms. The Kier molecular flexibility index (Phi) is 3.83. The normalized spacial score (nSPS) is 23.5. The minimum Gasteiger partial charge on any atom is -0.392 e. The lowest BCUT2D eigenvalue weighted by molar-refractivity contribution is -0.0223. The summed E-state index contributed by atoms with van der Waals surface area (Å²) in [7, 11) is 0. The van der Waals surface area contributed by atoms with Gasteiger partial charge >= 0.3 is 0 Å². The van der Waals surface area contributed by atoms with E-state index in [9.17, 15) is 9.90 Å². The fraction of sp³-hybridized carbons (Fsp3) is 0.667. The van der Waals surface area contributed by atoms with Crippen molar-refractivity contribution >= 4 is 5.78 Å². The zero-order valence-corrected chi connectivity index (χ0v) is 12.3. The summed E-state index contributed by atoms with van der Waals surface area (Å²) < 4.78 is 0. The molecular weight excluding hydrogens is 240 g/mol. The molecule has 1 saturated heterocycles. The molecule has 0 aliphatic carbocycles. The molecule has 1 aliphatic rings. The quantitative estimate of drug-likeness (QED) is 0.820. The predicted molar refractivity (Wildman–Crippen MR) is 75.4 cm³/mol.